The van der Waals surface area contributed by atoms with Crippen molar-refractivity contribution in [3.63, 3.8) is 0 Å². The summed E-state index contributed by atoms with van der Waals surface area (Å²) in [5.41, 5.74) is -1.81. The molecule has 1 aromatic heterocycles. The Kier molecular flexibility index (Phi) is 4.22. The van der Waals surface area contributed by atoms with Crippen LogP contribution in [0.15, 0.2) is 35.1 Å². The molecule has 0 aliphatic rings. The van der Waals surface area contributed by atoms with Crippen LogP contribution in [0, 0.1) is 21.7 Å². The van der Waals surface area contributed by atoms with Crippen molar-refractivity contribution in [3.05, 3.63) is 62.4 Å². The highest BCUT2D eigenvalue weighted by molar-refractivity contribution is 9.10. The quantitative estimate of drug-likeness (QED) is 0.518. The molecule has 0 saturated heterocycles. The molecule has 1 heterocycles. The molecule has 0 radical (unpaired) electrons. The molecule has 0 aliphatic heterocycles. The summed E-state index contributed by atoms with van der Waals surface area (Å²) >= 11 is 3.09. The first-order valence-electron chi connectivity index (χ1n) is 5.45. The van der Waals surface area contributed by atoms with Crippen LogP contribution in [0.4, 0.5) is 20.2 Å². The maximum Gasteiger partial charge on any atom is 0.305 e. The van der Waals surface area contributed by atoms with Crippen molar-refractivity contribution in [2.75, 3.05) is 5.32 Å². The molecule has 1 aromatic carbocycles. The van der Waals surface area contributed by atoms with Crippen LogP contribution in [-0.2, 0) is 0 Å². The van der Waals surface area contributed by atoms with Gasteiger partial charge in [-0.3, -0.25) is 14.9 Å². The second-order valence-corrected chi connectivity index (χ2v) is 4.65. The number of nitrogens with one attached hydrogen (secondary N) is 1. The first kappa shape index (κ1) is 15.0. The molecule has 108 valence electrons. The summed E-state index contributed by atoms with van der Waals surface area (Å²) in [6.45, 7) is 0. The zero-order valence-corrected chi connectivity index (χ0v) is 11.7. The number of benzene rings is 1. The Balaban J connectivity index is 2.37. The van der Waals surface area contributed by atoms with Gasteiger partial charge in [0.1, 0.15) is 16.0 Å². The Morgan fingerprint density at radius 3 is 2.57 bits per heavy atom. The molecule has 0 saturated carbocycles. The lowest BCUT2D eigenvalue weighted by atomic mass is 10.1. The first-order valence-corrected chi connectivity index (χ1v) is 6.24. The predicted molar refractivity (Wildman–Crippen MR) is 72.9 cm³/mol. The topological polar surface area (TPSA) is 85.1 Å². The van der Waals surface area contributed by atoms with Crippen molar-refractivity contribution in [1.29, 1.82) is 0 Å². The smallest absolute Gasteiger partial charge is 0.305 e. The van der Waals surface area contributed by atoms with Crippen molar-refractivity contribution in [3.8, 4) is 0 Å². The monoisotopic (exact) mass is 357 g/mol. The third-order valence-electron chi connectivity index (χ3n) is 2.48. The van der Waals surface area contributed by atoms with Crippen LogP contribution in [0.2, 0.25) is 0 Å². The molecule has 0 atom stereocenters. The number of nitro benzene ring substituents is 1. The van der Waals surface area contributed by atoms with E-state index >= 15 is 0 Å². The van der Waals surface area contributed by atoms with Gasteiger partial charge < -0.3 is 5.32 Å². The highest BCUT2D eigenvalue weighted by Gasteiger charge is 2.26. The maximum atomic E-state index is 13.8. The SMILES string of the molecule is O=C(Nc1ccc(Br)nc1)c1c(F)ccc([N+](=O)[O-])c1F. The van der Waals surface area contributed by atoms with Crippen LogP contribution in [0.1, 0.15) is 10.4 Å². The van der Waals surface area contributed by atoms with E-state index in [9.17, 15) is 23.7 Å². The van der Waals surface area contributed by atoms with E-state index in [-0.39, 0.29) is 5.69 Å². The molecule has 0 unspecified atom stereocenters. The molecule has 0 aliphatic carbocycles. The minimum atomic E-state index is -1.53. The standard InChI is InChI=1S/C12H6BrF2N3O3/c13-9-4-1-6(5-16-9)17-12(19)10-7(14)2-3-8(11(10)15)18(20)21/h1-5H,(H,17,19). The van der Waals surface area contributed by atoms with Crippen molar-refractivity contribution in [1.82, 2.24) is 4.98 Å². The molecule has 0 bridgehead atoms. The Hall–Kier alpha value is -2.42. The average molecular weight is 358 g/mol. The van der Waals surface area contributed by atoms with Gasteiger partial charge in [-0.1, -0.05) is 0 Å². The van der Waals surface area contributed by atoms with Gasteiger partial charge in [0.05, 0.1) is 16.8 Å². The van der Waals surface area contributed by atoms with Crippen LogP contribution < -0.4 is 5.32 Å². The number of rotatable bonds is 3. The molecule has 21 heavy (non-hydrogen) atoms. The maximum absolute atomic E-state index is 13.8. The van der Waals surface area contributed by atoms with Crippen LogP contribution >= 0.6 is 15.9 Å². The lowest BCUT2D eigenvalue weighted by molar-refractivity contribution is -0.387. The van der Waals surface area contributed by atoms with E-state index in [1.165, 1.54) is 18.3 Å². The van der Waals surface area contributed by atoms with Gasteiger partial charge in [-0.15, -0.1) is 0 Å². The van der Waals surface area contributed by atoms with Gasteiger partial charge in [-0.2, -0.15) is 4.39 Å². The van der Waals surface area contributed by atoms with E-state index in [0.29, 0.717) is 16.7 Å². The number of hydrogen-bond acceptors (Lipinski definition) is 4. The minimum Gasteiger partial charge on any atom is -0.320 e. The van der Waals surface area contributed by atoms with Crippen molar-refractivity contribution >= 4 is 33.2 Å². The molecule has 1 N–H and O–H groups in total. The molecular formula is C12H6BrF2N3O3. The zero-order chi connectivity index (χ0) is 15.6. The van der Waals surface area contributed by atoms with Crippen LogP contribution in [0.3, 0.4) is 0 Å². The van der Waals surface area contributed by atoms with E-state index in [1.54, 1.807) is 0 Å². The lowest BCUT2D eigenvalue weighted by Crippen LogP contribution is -2.17. The summed E-state index contributed by atoms with van der Waals surface area (Å²) in [5.74, 6) is -3.86. The van der Waals surface area contributed by atoms with Crippen LogP contribution in [-0.4, -0.2) is 15.8 Å². The van der Waals surface area contributed by atoms with Gasteiger partial charge in [0.15, 0.2) is 0 Å². The van der Waals surface area contributed by atoms with Gasteiger partial charge in [0.25, 0.3) is 5.91 Å². The predicted octanol–water partition coefficient (Wildman–Crippen LogP) is 3.28. The number of amides is 1. The van der Waals surface area contributed by atoms with Gasteiger partial charge in [-0.25, -0.2) is 9.37 Å². The molecule has 2 aromatic rings. The summed E-state index contributed by atoms with van der Waals surface area (Å²) in [6.07, 6.45) is 1.26. The molecule has 6 nitrogen and oxygen atoms in total. The summed E-state index contributed by atoms with van der Waals surface area (Å²) in [4.78, 5) is 25.2. The van der Waals surface area contributed by atoms with Crippen molar-refractivity contribution in [2.45, 2.75) is 0 Å². The third-order valence-corrected chi connectivity index (χ3v) is 2.95. The Labute approximate surface area is 125 Å². The fourth-order valence-corrected chi connectivity index (χ4v) is 1.77. The Morgan fingerprint density at radius 2 is 2.00 bits per heavy atom. The Bertz CT molecular complexity index is 722. The summed E-state index contributed by atoms with van der Waals surface area (Å²) in [6, 6.07) is 4.27. The van der Waals surface area contributed by atoms with E-state index < -0.39 is 33.7 Å². The lowest BCUT2D eigenvalue weighted by Gasteiger charge is -2.07. The Morgan fingerprint density at radius 1 is 1.29 bits per heavy atom. The normalized spacial score (nSPS) is 10.2. The van der Waals surface area contributed by atoms with Crippen molar-refractivity contribution in [2.24, 2.45) is 0 Å². The summed E-state index contributed by atoms with van der Waals surface area (Å²) < 4.78 is 27.9. The highest BCUT2D eigenvalue weighted by Crippen LogP contribution is 2.24. The number of nitrogens with zero attached hydrogens (tertiary/aromatic N) is 2. The highest BCUT2D eigenvalue weighted by atomic mass is 79.9. The van der Waals surface area contributed by atoms with Crippen LogP contribution in [0.5, 0.6) is 0 Å². The fraction of sp³-hybridized carbons (Fsp3) is 0. The molecule has 0 spiro atoms. The molecule has 1 amide bonds. The summed E-state index contributed by atoms with van der Waals surface area (Å²) in [7, 11) is 0. The molecule has 0 fully saturated rings. The number of aromatic nitrogens is 1. The number of carbonyl (C=O) groups excluding carboxylic acids is 1. The minimum absolute atomic E-state index is 0.188. The molecule has 9 heteroatoms. The molecular weight excluding hydrogens is 352 g/mol. The first-order chi connectivity index (χ1) is 9.90. The number of pyridine rings is 1. The van der Waals surface area contributed by atoms with E-state index in [2.05, 4.69) is 26.2 Å². The van der Waals surface area contributed by atoms with Crippen molar-refractivity contribution < 1.29 is 18.5 Å². The number of anilines is 1. The molecule has 2 rings (SSSR count). The van der Waals surface area contributed by atoms with E-state index in [0.717, 1.165) is 0 Å². The van der Waals surface area contributed by atoms with Gasteiger partial charge in [0.2, 0.25) is 5.82 Å². The van der Waals surface area contributed by atoms with Gasteiger partial charge >= 0.3 is 5.69 Å². The van der Waals surface area contributed by atoms with Crippen LogP contribution in [0.25, 0.3) is 0 Å². The average Bonchev–Trinajstić information content (AvgIpc) is 2.41. The van der Waals surface area contributed by atoms with E-state index in [4.69, 9.17) is 0 Å². The van der Waals surface area contributed by atoms with E-state index in [1.807, 2.05) is 0 Å². The van der Waals surface area contributed by atoms with Gasteiger partial charge in [-0.05, 0) is 34.1 Å². The number of carbonyl (C=O) groups is 1. The fourth-order valence-electron chi connectivity index (χ4n) is 1.53. The van der Waals surface area contributed by atoms with Gasteiger partial charge in [0, 0.05) is 6.07 Å². The third kappa shape index (κ3) is 3.19. The zero-order valence-electron chi connectivity index (χ0n) is 10.1. The second kappa shape index (κ2) is 5.92. The number of halogens is 3. The second-order valence-electron chi connectivity index (χ2n) is 3.84. The largest absolute Gasteiger partial charge is 0.320 e. The number of nitro groups is 1. The summed E-state index contributed by atoms with van der Waals surface area (Å²) in [5, 5.41) is 12.8. The number of hydrogen-bond donors (Lipinski definition) is 1.